The Kier molecular flexibility index (Phi) is 10.2. The molecule has 1 fully saturated rings. The number of methoxy groups -OCH3 is 1. The van der Waals surface area contributed by atoms with Gasteiger partial charge in [0.25, 0.3) is 6.43 Å². The zero-order valence-corrected chi connectivity index (χ0v) is 22.7. The van der Waals surface area contributed by atoms with Gasteiger partial charge in [0.1, 0.15) is 17.2 Å². The lowest BCUT2D eigenvalue weighted by molar-refractivity contribution is -0.148. The molecule has 0 aliphatic heterocycles. The topological polar surface area (TPSA) is 110 Å². The molecule has 3 aromatic heterocycles. The van der Waals surface area contributed by atoms with Crippen molar-refractivity contribution in [3.63, 3.8) is 0 Å². The van der Waals surface area contributed by atoms with E-state index >= 15 is 0 Å². The van der Waals surface area contributed by atoms with E-state index in [4.69, 9.17) is 4.74 Å². The number of ether oxygens (including phenoxy) is 1. The second kappa shape index (κ2) is 13.3. The minimum absolute atomic E-state index is 0.0128. The summed E-state index contributed by atoms with van der Waals surface area (Å²) in [5.41, 5.74) is 1.64. The maximum absolute atomic E-state index is 13.0. The standard InChI is InChI=1S/C27H30F2N4O3.C2H5N/c1-16-12-21(32-24(13-16)33-23-14-18(25(28)29)10-11-30-23)19-6-9-22(31-15-19)27(2,35)20-7-4-17(5-8-20)26(34)36-3;1-3-2/h6,9-15,17,20,25,35H,4-5,7-8H2,1-3H3,(H,30,32,33);1H2,2H3. The predicted molar refractivity (Wildman–Crippen MR) is 147 cm³/mol. The molecule has 39 heavy (non-hydrogen) atoms. The number of nitrogens with zero attached hydrogens (tertiary/aromatic N) is 4. The molecule has 0 radical (unpaired) electrons. The summed E-state index contributed by atoms with van der Waals surface area (Å²) in [7, 11) is 3.04. The molecular formula is C29H35F2N5O3. The Bertz CT molecular complexity index is 1260. The lowest BCUT2D eigenvalue weighted by atomic mass is 9.73. The van der Waals surface area contributed by atoms with Gasteiger partial charge in [0.15, 0.2) is 0 Å². The van der Waals surface area contributed by atoms with Crippen LogP contribution in [0.1, 0.15) is 55.9 Å². The van der Waals surface area contributed by atoms with Crippen LogP contribution in [0.25, 0.3) is 11.3 Å². The van der Waals surface area contributed by atoms with Crippen molar-refractivity contribution in [1.82, 2.24) is 15.0 Å². The first-order chi connectivity index (χ1) is 18.6. The third kappa shape index (κ3) is 7.63. The number of carbonyl (C=O) groups excluding carboxylic acids is 1. The van der Waals surface area contributed by atoms with Crippen molar-refractivity contribution in [2.75, 3.05) is 19.5 Å². The number of hydrogen-bond acceptors (Lipinski definition) is 8. The van der Waals surface area contributed by atoms with Gasteiger partial charge in [0, 0.05) is 30.6 Å². The van der Waals surface area contributed by atoms with Crippen LogP contribution in [0, 0.1) is 18.8 Å². The number of anilines is 2. The number of hydrogen-bond donors (Lipinski definition) is 2. The molecule has 2 N–H and O–H groups in total. The van der Waals surface area contributed by atoms with Crippen molar-refractivity contribution in [2.45, 2.75) is 51.6 Å². The lowest BCUT2D eigenvalue weighted by Crippen LogP contribution is -2.36. The molecule has 0 amide bonds. The average molecular weight is 540 g/mol. The third-order valence-corrected chi connectivity index (χ3v) is 6.90. The summed E-state index contributed by atoms with van der Waals surface area (Å²) in [5, 5.41) is 14.3. The number of aliphatic hydroxyl groups is 1. The van der Waals surface area contributed by atoms with Crippen LogP contribution in [0.4, 0.5) is 20.4 Å². The van der Waals surface area contributed by atoms with Gasteiger partial charge in [0.2, 0.25) is 0 Å². The van der Waals surface area contributed by atoms with Gasteiger partial charge < -0.3 is 20.2 Å². The van der Waals surface area contributed by atoms with Crippen LogP contribution in [0.5, 0.6) is 0 Å². The summed E-state index contributed by atoms with van der Waals surface area (Å²) < 4.78 is 30.9. The highest BCUT2D eigenvalue weighted by atomic mass is 19.3. The monoisotopic (exact) mass is 539 g/mol. The molecule has 3 aromatic rings. The van der Waals surface area contributed by atoms with Crippen LogP contribution in [-0.4, -0.2) is 46.9 Å². The van der Waals surface area contributed by atoms with Crippen molar-refractivity contribution < 1.29 is 23.4 Å². The molecule has 0 bridgehead atoms. The number of rotatable bonds is 7. The number of carbonyl (C=O) groups is 1. The fourth-order valence-corrected chi connectivity index (χ4v) is 4.77. The highest BCUT2D eigenvalue weighted by Gasteiger charge is 2.39. The van der Waals surface area contributed by atoms with Gasteiger partial charge in [-0.05, 0) is 94.1 Å². The Hall–Kier alpha value is -3.79. The highest BCUT2D eigenvalue weighted by Crippen LogP contribution is 2.40. The Morgan fingerprint density at radius 3 is 2.44 bits per heavy atom. The quantitative estimate of drug-likeness (QED) is 0.279. The van der Waals surface area contributed by atoms with Crippen molar-refractivity contribution in [3.05, 3.63) is 65.6 Å². The van der Waals surface area contributed by atoms with Crippen LogP contribution in [0.15, 0.2) is 53.8 Å². The Morgan fingerprint density at radius 2 is 1.85 bits per heavy atom. The second-order valence-electron chi connectivity index (χ2n) is 9.78. The number of nitrogens with one attached hydrogen (secondary N) is 1. The zero-order chi connectivity index (χ0) is 28.6. The van der Waals surface area contributed by atoms with E-state index < -0.39 is 12.0 Å². The fourth-order valence-electron chi connectivity index (χ4n) is 4.77. The maximum atomic E-state index is 13.0. The molecule has 0 saturated heterocycles. The van der Waals surface area contributed by atoms with E-state index in [-0.39, 0.29) is 29.2 Å². The first-order valence-corrected chi connectivity index (χ1v) is 12.7. The van der Waals surface area contributed by atoms with E-state index in [1.807, 2.05) is 19.1 Å². The summed E-state index contributed by atoms with van der Waals surface area (Å²) in [5.74, 6) is 0.444. The van der Waals surface area contributed by atoms with E-state index in [9.17, 15) is 18.7 Å². The van der Waals surface area contributed by atoms with Gasteiger partial charge >= 0.3 is 5.97 Å². The molecule has 10 heteroatoms. The number of alkyl halides is 2. The van der Waals surface area contributed by atoms with Gasteiger partial charge in [-0.25, -0.2) is 18.7 Å². The first-order valence-electron chi connectivity index (χ1n) is 12.7. The predicted octanol–water partition coefficient (Wildman–Crippen LogP) is 6.03. The van der Waals surface area contributed by atoms with E-state index in [1.165, 1.54) is 25.4 Å². The normalized spacial score (nSPS) is 18.4. The SMILES string of the molecule is C=NC.COC(=O)C1CCC(C(C)(O)c2ccc(-c3cc(C)cc(Nc4cc(C(F)F)ccn4)n3)cn2)CC1. The minimum Gasteiger partial charge on any atom is -0.469 e. The summed E-state index contributed by atoms with van der Waals surface area (Å²) in [6.45, 7) is 6.79. The molecule has 1 unspecified atom stereocenters. The molecule has 208 valence electrons. The van der Waals surface area contributed by atoms with Crippen molar-refractivity contribution >= 4 is 24.3 Å². The van der Waals surface area contributed by atoms with Gasteiger partial charge in [0.05, 0.1) is 24.4 Å². The van der Waals surface area contributed by atoms with Crippen LogP contribution >= 0.6 is 0 Å². The minimum atomic E-state index is -2.58. The molecule has 1 aliphatic carbocycles. The molecule has 3 heterocycles. The second-order valence-corrected chi connectivity index (χ2v) is 9.78. The Labute approximate surface area is 227 Å². The lowest BCUT2D eigenvalue weighted by Gasteiger charge is -2.37. The summed E-state index contributed by atoms with van der Waals surface area (Å²) in [4.78, 5) is 28.3. The van der Waals surface area contributed by atoms with Crippen LogP contribution in [0.2, 0.25) is 0 Å². The summed E-state index contributed by atoms with van der Waals surface area (Å²) in [6.07, 6.45) is 3.21. The van der Waals surface area contributed by atoms with Crippen molar-refractivity contribution in [3.8, 4) is 11.3 Å². The fraction of sp³-hybridized carbons (Fsp3) is 0.414. The molecule has 0 aromatic carbocycles. The maximum Gasteiger partial charge on any atom is 0.308 e. The number of aromatic nitrogens is 3. The summed E-state index contributed by atoms with van der Waals surface area (Å²) in [6, 6.07) is 9.93. The Balaban J connectivity index is 0.00000134. The first kappa shape index (κ1) is 29.8. The number of pyridine rings is 3. The third-order valence-electron chi connectivity index (χ3n) is 6.90. The van der Waals surface area contributed by atoms with E-state index in [2.05, 4.69) is 32.0 Å². The van der Waals surface area contributed by atoms with Crippen LogP contribution in [-0.2, 0) is 15.1 Å². The average Bonchev–Trinajstić information content (AvgIpc) is 2.93. The largest absolute Gasteiger partial charge is 0.469 e. The van der Waals surface area contributed by atoms with Crippen molar-refractivity contribution in [1.29, 1.82) is 0 Å². The number of aliphatic imine (C=N–C) groups is 1. The van der Waals surface area contributed by atoms with Crippen LogP contribution in [0.3, 0.4) is 0 Å². The molecule has 0 spiro atoms. The Morgan fingerprint density at radius 1 is 1.15 bits per heavy atom. The van der Waals surface area contributed by atoms with Gasteiger partial charge in [-0.3, -0.25) is 9.78 Å². The van der Waals surface area contributed by atoms with Crippen molar-refractivity contribution in [2.24, 2.45) is 16.8 Å². The smallest absolute Gasteiger partial charge is 0.308 e. The van der Waals surface area contributed by atoms with Crippen LogP contribution < -0.4 is 5.32 Å². The zero-order valence-electron chi connectivity index (χ0n) is 22.7. The van der Waals surface area contributed by atoms with Gasteiger partial charge in [-0.2, -0.15) is 0 Å². The van der Waals surface area contributed by atoms with Gasteiger partial charge in [-0.1, -0.05) is 0 Å². The molecule has 1 atom stereocenters. The van der Waals surface area contributed by atoms with E-state index in [1.54, 1.807) is 32.3 Å². The molecule has 8 nitrogen and oxygen atoms in total. The number of esters is 1. The number of aryl methyl sites for hydroxylation is 1. The number of halogens is 2. The molecule has 4 rings (SSSR count). The molecule has 1 saturated carbocycles. The highest BCUT2D eigenvalue weighted by molar-refractivity contribution is 5.72. The molecular weight excluding hydrogens is 504 g/mol. The summed E-state index contributed by atoms with van der Waals surface area (Å²) >= 11 is 0. The van der Waals surface area contributed by atoms with Gasteiger partial charge in [-0.15, -0.1) is 0 Å². The van der Waals surface area contributed by atoms with E-state index in [0.29, 0.717) is 42.9 Å². The van der Waals surface area contributed by atoms with E-state index in [0.717, 1.165) is 11.1 Å². The molecule has 1 aliphatic rings.